The van der Waals surface area contributed by atoms with Crippen molar-refractivity contribution in [3.05, 3.63) is 53.1 Å². The van der Waals surface area contributed by atoms with Gasteiger partial charge in [-0.1, -0.05) is 17.7 Å². The van der Waals surface area contributed by atoms with Crippen molar-refractivity contribution in [2.24, 2.45) is 0 Å². The average molecular weight is 375 g/mol. The van der Waals surface area contributed by atoms with E-state index in [2.05, 4.69) is 9.44 Å². The van der Waals surface area contributed by atoms with E-state index < -0.39 is 20.0 Å². The summed E-state index contributed by atoms with van der Waals surface area (Å²) in [7, 11) is -7.21. The third kappa shape index (κ3) is 4.60. The monoisotopic (exact) mass is 374 g/mol. The van der Waals surface area contributed by atoms with Crippen molar-refractivity contribution >= 4 is 43.0 Å². The Labute approximate surface area is 140 Å². The van der Waals surface area contributed by atoms with Crippen LogP contribution in [0.4, 0.5) is 11.4 Å². The molecule has 2 aromatic rings. The minimum absolute atomic E-state index is 0.0101. The van der Waals surface area contributed by atoms with Crippen molar-refractivity contribution in [1.29, 1.82) is 0 Å². The Hall–Kier alpha value is -1.77. The summed E-state index contributed by atoms with van der Waals surface area (Å²) in [5.74, 6) is 0. The first-order chi connectivity index (χ1) is 10.6. The fraction of sp³-hybridized carbons (Fsp3) is 0.143. The molecule has 124 valence electrons. The number of nitrogens with one attached hydrogen (secondary N) is 2. The SMILES string of the molecule is Cc1c(Cl)cccc1NS(=O)(=O)c1ccc(NS(C)(=O)=O)cc1. The maximum Gasteiger partial charge on any atom is 0.261 e. The van der Waals surface area contributed by atoms with Crippen LogP contribution >= 0.6 is 11.6 Å². The fourth-order valence-corrected chi connectivity index (χ4v) is 3.70. The third-order valence-corrected chi connectivity index (χ3v) is 5.38. The minimum Gasteiger partial charge on any atom is -0.284 e. The molecule has 0 atom stereocenters. The Balaban J connectivity index is 2.28. The van der Waals surface area contributed by atoms with Gasteiger partial charge in [0.1, 0.15) is 0 Å². The Kier molecular flexibility index (Phi) is 4.88. The summed E-state index contributed by atoms with van der Waals surface area (Å²) in [6, 6.07) is 10.3. The Bertz CT molecular complexity index is 924. The van der Waals surface area contributed by atoms with Crippen molar-refractivity contribution in [2.75, 3.05) is 15.7 Å². The molecule has 0 aliphatic heterocycles. The van der Waals surface area contributed by atoms with Gasteiger partial charge in [0, 0.05) is 10.7 Å². The quantitative estimate of drug-likeness (QED) is 0.841. The second-order valence-electron chi connectivity index (χ2n) is 4.92. The molecule has 6 nitrogen and oxygen atoms in total. The molecule has 2 rings (SSSR count). The number of benzene rings is 2. The highest BCUT2D eigenvalue weighted by Gasteiger charge is 2.16. The molecular formula is C14H15ClN2O4S2. The first kappa shape index (κ1) is 17.6. The van der Waals surface area contributed by atoms with Crippen LogP contribution in [0.3, 0.4) is 0 Å². The first-order valence-electron chi connectivity index (χ1n) is 6.44. The summed E-state index contributed by atoms with van der Waals surface area (Å²) in [6.07, 6.45) is 1.02. The van der Waals surface area contributed by atoms with Gasteiger partial charge in [-0.05, 0) is 48.9 Å². The number of anilines is 2. The summed E-state index contributed by atoms with van der Waals surface area (Å²) in [5.41, 5.74) is 1.29. The van der Waals surface area contributed by atoms with E-state index in [0.717, 1.165) is 6.26 Å². The lowest BCUT2D eigenvalue weighted by molar-refractivity contribution is 0.601. The molecule has 0 heterocycles. The smallest absolute Gasteiger partial charge is 0.261 e. The van der Waals surface area contributed by atoms with Crippen LogP contribution < -0.4 is 9.44 Å². The topological polar surface area (TPSA) is 92.3 Å². The summed E-state index contributed by atoms with van der Waals surface area (Å²) < 4.78 is 51.7. The highest BCUT2D eigenvalue weighted by atomic mass is 35.5. The molecule has 2 N–H and O–H groups in total. The van der Waals surface area contributed by atoms with Crippen molar-refractivity contribution in [3.8, 4) is 0 Å². The summed E-state index contributed by atoms with van der Waals surface area (Å²) in [5, 5.41) is 0.456. The van der Waals surface area contributed by atoms with E-state index in [0.29, 0.717) is 16.3 Å². The molecule has 23 heavy (non-hydrogen) atoms. The highest BCUT2D eigenvalue weighted by Crippen LogP contribution is 2.25. The second-order valence-corrected chi connectivity index (χ2v) is 8.75. The van der Waals surface area contributed by atoms with Gasteiger partial charge in [0.15, 0.2) is 0 Å². The largest absolute Gasteiger partial charge is 0.284 e. The summed E-state index contributed by atoms with van der Waals surface area (Å²) in [4.78, 5) is 0.0101. The predicted octanol–water partition coefficient (Wildman–Crippen LogP) is 2.82. The maximum absolute atomic E-state index is 12.4. The van der Waals surface area contributed by atoms with E-state index in [9.17, 15) is 16.8 Å². The fourth-order valence-electron chi connectivity index (χ4n) is 1.84. The van der Waals surface area contributed by atoms with E-state index in [1.165, 1.54) is 24.3 Å². The standard InChI is InChI=1S/C14H15ClN2O4S2/c1-10-13(15)4-3-5-14(10)17-23(20,21)12-8-6-11(7-9-12)16-22(2,18)19/h3-9,16-17H,1-2H3. The van der Waals surface area contributed by atoms with Gasteiger partial charge in [0.25, 0.3) is 10.0 Å². The van der Waals surface area contributed by atoms with Crippen LogP contribution in [0, 0.1) is 6.92 Å². The first-order valence-corrected chi connectivity index (χ1v) is 10.2. The Morgan fingerprint density at radius 1 is 0.913 bits per heavy atom. The Morgan fingerprint density at radius 2 is 1.52 bits per heavy atom. The van der Waals surface area contributed by atoms with Crippen LogP contribution in [0.2, 0.25) is 5.02 Å². The number of hydrogen-bond acceptors (Lipinski definition) is 4. The van der Waals surface area contributed by atoms with Gasteiger partial charge >= 0.3 is 0 Å². The predicted molar refractivity (Wildman–Crippen MR) is 91.9 cm³/mol. The second kappa shape index (κ2) is 6.38. The molecule has 0 saturated heterocycles. The molecule has 9 heteroatoms. The lowest BCUT2D eigenvalue weighted by Crippen LogP contribution is -2.14. The molecule has 0 saturated carbocycles. The number of halogens is 1. The third-order valence-electron chi connectivity index (χ3n) is 2.98. The van der Waals surface area contributed by atoms with Crippen LogP contribution in [0.15, 0.2) is 47.4 Å². The van der Waals surface area contributed by atoms with E-state index >= 15 is 0 Å². The molecule has 0 aliphatic rings. The van der Waals surface area contributed by atoms with Gasteiger partial charge in [-0.15, -0.1) is 0 Å². The van der Waals surface area contributed by atoms with Crippen LogP contribution in [0.25, 0.3) is 0 Å². The molecule has 0 spiro atoms. The van der Waals surface area contributed by atoms with Crippen molar-refractivity contribution in [1.82, 2.24) is 0 Å². The Morgan fingerprint density at radius 3 is 2.09 bits per heavy atom. The van der Waals surface area contributed by atoms with E-state index in [1.54, 1.807) is 25.1 Å². The summed E-state index contributed by atoms with van der Waals surface area (Å²) >= 11 is 5.97. The zero-order chi connectivity index (χ0) is 17.3. The van der Waals surface area contributed by atoms with E-state index in [1.807, 2.05) is 0 Å². The van der Waals surface area contributed by atoms with Crippen molar-refractivity contribution in [3.63, 3.8) is 0 Å². The number of hydrogen-bond donors (Lipinski definition) is 2. The van der Waals surface area contributed by atoms with Crippen molar-refractivity contribution < 1.29 is 16.8 Å². The highest BCUT2D eigenvalue weighted by molar-refractivity contribution is 7.92. The molecule has 0 aromatic heterocycles. The molecule has 0 unspecified atom stereocenters. The van der Waals surface area contributed by atoms with Gasteiger partial charge in [-0.25, -0.2) is 16.8 Å². The van der Waals surface area contributed by atoms with Crippen LogP contribution in [0.1, 0.15) is 5.56 Å². The van der Waals surface area contributed by atoms with E-state index in [4.69, 9.17) is 11.6 Å². The van der Waals surface area contributed by atoms with Gasteiger partial charge in [-0.3, -0.25) is 9.44 Å². The molecule has 0 bridgehead atoms. The van der Waals surface area contributed by atoms with E-state index in [-0.39, 0.29) is 10.6 Å². The van der Waals surface area contributed by atoms with Gasteiger partial charge in [0.05, 0.1) is 16.8 Å². The van der Waals surface area contributed by atoms with Crippen LogP contribution in [-0.4, -0.2) is 23.1 Å². The zero-order valence-corrected chi connectivity index (χ0v) is 14.8. The molecule has 0 amide bonds. The van der Waals surface area contributed by atoms with Crippen molar-refractivity contribution in [2.45, 2.75) is 11.8 Å². The number of rotatable bonds is 5. The normalized spacial score (nSPS) is 12.0. The minimum atomic E-state index is -3.80. The molecule has 0 radical (unpaired) electrons. The molecule has 0 fully saturated rings. The van der Waals surface area contributed by atoms with Crippen LogP contribution in [-0.2, 0) is 20.0 Å². The molecular weight excluding hydrogens is 360 g/mol. The zero-order valence-electron chi connectivity index (χ0n) is 12.4. The summed E-state index contributed by atoms with van der Waals surface area (Å²) in [6.45, 7) is 1.71. The van der Waals surface area contributed by atoms with Gasteiger partial charge in [-0.2, -0.15) is 0 Å². The molecule has 0 aliphatic carbocycles. The lowest BCUT2D eigenvalue weighted by Gasteiger charge is -2.12. The lowest BCUT2D eigenvalue weighted by atomic mass is 10.2. The average Bonchev–Trinajstić information content (AvgIpc) is 2.42. The van der Waals surface area contributed by atoms with Gasteiger partial charge < -0.3 is 0 Å². The number of sulfonamides is 2. The molecule has 2 aromatic carbocycles. The van der Waals surface area contributed by atoms with Gasteiger partial charge in [0.2, 0.25) is 10.0 Å². The maximum atomic E-state index is 12.4. The van der Waals surface area contributed by atoms with Crippen LogP contribution in [0.5, 0.6) is 0 Å².